The highest BCUT2D eigenvalue weighted by Crippen LogP contribution is 2.24. The van der Waals surface area contributed by atoms with Crippen LogP contribution in [0.15, 0.2) is 18.2 Å². The normalized spacial score (nSPS) is 15.6. The number of ether oxygens (including phenoxy) is 2. The van der Waals surface area contributed by atoms with Gasteiger partial charge in [-0.15, -0.1) is 0 Å². The van der Waals surface area contributed by atoms with Crippen LogP contribution in [0.25, 0.3) is 0 Å². The van der Waals surface area contributed by atoms with E-state index in [1.54, 1.807) is 14.2 Å². The monoisotopic (exact) mass is 278 g/mol. The number of hydrogen-bond donors (Lipinski definition) is 2. The minimum atomic E-state index is -0.230. The Morgan fingerprint density at radius 3 is 2.70 bits per heavy atom. The van der Waals surface area contributed by atoms with Crippen LogP contribution in [0.4, 0.5) is 0 Å². The highest BCUT2D eigenvalue weighted by atomic mass is 16.5. The average molecular weight is 278 g/mol. The predicted molar refractivity (Wildman–Crippen MR) is 77.0 cm³/mol. The number of benzene rings is 1. The number of carbonyl (C=O) groups excluding carboxylic acids is 1. The van der Waals surface area contributed by atoms with Crippen LogP contribution in [0.2, 0.25) is 0 Å². The number of carbonyl (C=O) groups is 1. The van der Waals surface area contributed by atoms with Gasteiger partial charge in [0.15, 0.2) is 0 Å². The molecular weight excluding hydrogens is 256 g/mol. The minimum absolute atomic E-state index is 0.0503. The van der Waals surface area contributed by atoms with Crippen molar-refractivity contribution in [3.05, 3.63) is 23.8 Å². The predicted octanol–water partition coefficient (Wildman–Crippen LogP) is 1.46. The van der Waals surface area contributed by atoms with Gasteiger partial charge in [0.25, 0.3) is 0 Å². The van der Waals surface area contributed by atoms with Crippen molar-refractivity contribution in [1.82, 2.24) is 10.6 Å². The lowest BCUT2D eigenvalue weighted by Gasteiger charge is -2.16. The first-order valence-electron chi connectivity index (χ1n) is 6.88. The van der Waals surface area contributed by atoms with Crippen molar-refractivity contribution >= 4 is 5.91 Å². The molecule has 1 unspecified atom stereocenters. The van der Waals surface area contributed by atoms with Crippen molar-refractivity contribution in [3.63, 3.8) is 0 Å². The zero-order chi connectivity index (χ0) is 14.5. The summed E-state index contributed by atoms with van der Waals surface area (Å²) in [4.78, 5) is 11.9. The van der Waals surface area contributed by atoms with Crippen LogP contribution in [0.1, 0.15) is 25.3 Å². The van der Waals surface area contributed by atoms with Crippen LogP contribution >= 0.6 is 0 Å². The van der Waals surface area contributed by atoms with E-state index in [1.807, 2.05) is 25.1 Å². The molecule has 0 spiro atoms. The van der Waals surface area contributed by atoms with Gasteiger partial charge in [-0.1, -0.05) is 0 Å². The van der Waals surface area contributed by atoms with E-state index in [-0.39, 0.29) is 11.9 Å². The zero-order valence-corrected chi connectivity index (χ0v) is 12.2. The molecule has 1 aliphatic rings. The van der Waals surface area contributed by atoms with Gasteiger partial charge in [0.05, 0.1) is 20.3 Å². The van der Waals surface area contributed by atoms with Crippen molar-refractivity contribution in [2.75, 3.05) is 14.2 Å². The zero-order valence-electron chi connectivity index (χ0n) is 12.2. The van der Waals surface area contributed by atoms with Crippen LogP contribution in [0.3, 0.4) is 0 Å². The fourth-order valence-corrected chi connectivity index (χ4v) is 1.93. The highest BCUT2D eigenvalue weighted by molar-refractivity contribution is 5.81. The summed E-state index contributed by atoms with van der Waals surface area (Å²) in [6.45, 7) is 2.42. The van der Waals surface area contributed by atoms with E-state index < -0.39 is 0 Å². The van der Waals surface area contributed by atoms with Gasteiger partial charge in [-0.25, -0.2) is 0 Å². The van der Waals surface area contributed by atoms with Gasteiger partial charge in [0, 0.05) is 18.2 Å². The summed E-state index contributed by atoms with van der Waals surface area (Å²) in [5.41, 5.74) is 0.970. The maximum Gasteiger partial charge on any atom is 0.237 e. The van der Waals surface area contributed by atoms with Gasteiger partial charge < -0.3 is 20.1 Å². The largest absolute Gasteiger partial charge is 0.497 e. The molecule has 0 aromatic heterocycles. The quantitative estimate of drug-likeness (QED) is 0.793. The Hall–Kier alpha value is -1.75. The molecule has 5 nitrogen and oxygen atoms in total. The molecule has 1 saturated carbocycles. The lowest BCUT2D eigenvalue weighted by molar-refractivity contribution is -0.122. The molecular formula is C15H22N2O3. The van der Waals surface area contributed by atoms with E-state index in [9.17, 15) is 4.79 Å². The Bertz CT molecular complexity index is 472. The molecule has 1 fully saturated rings. The maximum atomic E-state index is 11.9. The summed E-state index contributed by atoms with van der Waals surface area (Å²) in [5.74, 6) is 1.61. The molecule has 0 aliphatic heterocycles. The molecule has 0 radical (unpaired) electrons. The second-order valence-corrected chi connectivity index (χ2v) is 5.06. The van der Waals surface area contributed by atoms with Crippen LogP contribution in [-0.2, 0) is 11.3 Å². The molecule has 1 aromatic carbocycles. The third kappa shape index (κ3) is 3.87. The van der Waals surface area contributed by atoms with E-state index >= 15 is 0 Å². The molecule has 1 amide bonds. The number of rotatable bonds is 7. The first kappa shape index (κ1) is 14.7. The molecule has 110 valence electrons. The summed E-state index contributed by atoms with van der Waals surface area (Å²) < 4.78 is 10.5. The lowest BCUT2D eigenvalue weighted by Crippen LogP contribution is -2.42. The van der Waals surface area contributed by atoms with E-state index in [4.69, 9.17) is 9.47 Å². The molecule has 0 bridgehead atoms. The Balaban J connectivity index is 1.92. The van der Waals surface area contributed by atoms with Gasteiger partial charge in [-0.2, -0.15) is 0 Å². The van der Waals surface area contributed by atoms with Gasteiger partial charge >= 0.3 is 0 Å². The second kappa shape index (κ2) is 6.61. The van der Waals surface area contributed by atoms with Gasteiger partial charge in [0.2, 0.25) is 5.91 Å². The fourth-order valence-electron chi connectivity index (χ4n) is 1.93. The van der Waals surface area contributed by atoms with Crippen LogP contribution < -0.4 is 20.1 Å². The Morgan fingerprint density at radius 1 is 1.35 bits per heavy atom. The summed E-state index contributed by atoms with van der Waals surface area (Å²) in [5, 5.41) is 6.19. The smallest absolute Gasteiger partial charge is 0.237 e. The molecule has 1 atom stereocenters. The topological polar surface area (TPSA) is 59.6 Å². The average Bonchev–Trinajstić information content (AvgIpc) is 3.28. The first-order valence-corrected chi connectivity index (χ1v) is 6.88. The standard InChI is InChI=1S/C15H22N2O3/c1-10(15(18)17-12-4-5-12)16-9-11-8-13(19-2)6-7-14(11)20-3/h6-8,10,12,16H,4-5,9H2,1-3H3,(H,17,18). The van der Waals surface area contributed by atoms with Crippen molar-refractivity contribution in [3.8, 4) is 11.5 Å². The summed E-state index contributed by atoms with van der Waals surface area (Å²) in [7, 11) is 3.26. The Morgan fingerprint density at radius 2 is 2.10 bits per heavy atom. The van der Waals surface area contributed by atoms with E-state index in [2.05, 4.69) is 10.6 Å². The van der Waals surface area contributed by atoms with Crippen LogP contribution in [0.5, 0.6) is 11.5 Å². The number of amides is 1. The molecule has 2 N–H and O–H groups in total. The molecule has 1 aliphatic carbocycles. The summed E-state index contributed by atoms with van der Waals surface area (Å²) in [6, 6.07) is 5.79. The molecule has 1 aromatic rings. The van der Waals surface area contributed by atoms with E-state index in [0.717, 1.165) is 29.9 Å². The third-order valence-corrected chi connectivity index (χ3v) is 3.40. The Labute approximate surface area is 119 Å². The van der Waals surface area contributed by atoms with Gasteiger partial charge in [-0.3, -0.25) is 4.79 Å². The van der Waals surface area contributed by atoms with Crippen LogP contribution in [-0.4, -0.2) is 32.2 Å². The van der Waals surface area contributed by atoms with Gasteiger partial charge in [-0.05, 0) is 38.0 Å². The molecule has 2 rings (SSSR count). The highest BCUT2D eigenvalue weighted by Gasteiger charge is 2.25. The second-order valence-electron chi connectivity index (χ2n) is 5.06. The SMILES string of the molecule is COc1ccc(OC)c(CNC(C)C(=O)NC2CC2)c1. The molecule has 5 heteroatoms. The number of nitrogens with one attached hydrogen (secondary N) is 2. The molecule has 0 saturated heterocycles. The maximum absolute atomic E-state index is 11.9. The minimum Gasteiger partial charge on any atom is -0.497 e. The van der Waals surface area contributed by atoms with Crippen molar-refractivity contribution < 1.29 is 14.3 Å². The lowest BCUT2D eigenvalue weighted by atomic mass is 10.1. The molecule has 0 heterocycles. The van der Waals surface area contributed by atoms with Crippen molar-refractivity contribution in [2.45, 2.75) is 38.4 Å². The first-order chi connectivity index (χ1) is 9.63. The number of hydrogen-bond acceptors (Lipinski definition) is 4. The molecule has 20 heavy (non-hydrogen) atoms. The van der Waals surface area contributed by atoms with E-state index in [0.29, 0.717) is 12.6 Å². The number of methoxy groups -OCH3 is 2. The Kier molecular flexibility index (Phi) is 4.84. The third-order valence-electron chi connectivity index (χ3n) is 3.40. The van der Waals surface area contributed by atoms with Crippen molar-refractivity contribution in [1.29, 1.82) is 0 Å². The van der Waals surface area contributed by atoms with Crippen molar-refractivity contribution in [2.24, 2.45) is 0 Å². The van der Waals surface area contributed by atoms with E-state index in [1.165, 1.54) is 0 Å². The van der Waals surface area contributed by atoms with Gasteiger partial charge in [0.1, 0.15) is 11.5 Å². The fraction of sp³-hybridized carbons (Fsp3) is 0.533. The summed E-state index contributed by atoms with van der Waals surface area (Å²) >= 11 is 0. The summed E-state index contributed by atoms with van der Waals surface area (Å²) in [6.07, 6.45) is 2.20. The van der Waals surface area contributed by atoms with Crippen LogP contribution in [0, 0.1) is 0 Å².